The monoisotopic (exact) mass is 320 g/mol. The zero-order valence-electron chi connectivity index (χ0n) is 11.0. The van der Waals surface area contributed by atoms with Crippen molar-refractivity contribution in [2.45, 2.75) is 5.75 Å². The highest BCUT2D eigenvalue weighted by molar-refractivity contribution is 7.88. The number of hydrogen-bond donors (Lipinski definition) is 1. The molecule has 7 heteroatoms. The molecule has 0 unspecified atom stereocenters. The van der Waals surface area contributed by atoms with Crippen molar-refractivity contribution < 1.29 is 12.8 Å². The topological polar surface area (TPSA) is 49.4 Å². The van der Waals surface area contributed by atoms with Gasteiger partial charge in [0.15, 0.2) is 0 Å². The SMILES string of the molecule is Cl.O=S(=O)(Cc1cccc(F)c1)N1C[C@H]2CNC[C@H]2C1. The lowest BCUT2D eigenvalue weighted by Crippen LogP contribution is -2.32. The van der Waals surface area contributed by atoms with Gasteiger partial charge in [-0.25, -0.2) is 17.1 Å². The van der Waals surface area contributed by atoms with Gasteiger partial charge in [0.2, 0.25) is 10.0 Å². The summed E-state index contributed by atoms with van der Waals surface area (Å²) in [6.07, 6.45) is 0. The Bertz CT molecular complexity index is 569. The first-order valence-electron chi connectivity index (χ1n) is 6.47. The van der Waals surface area contributed by atoms with Crippen LogP contribution in [0.25, 0.3) is 0 Å². The number of halogens is 2. The molecular formula is C13H18ClFN2O2S. The zero-order chi connectivity index (χ0) is 13.5. The van der Waals surface area contributed by atoms with Crippen LogP contribution in [0.15, 0.2) is 24.3 Å². The van der Waals surface area contributed by atoms with E-state index >= 15 is 0 Å². The lowest BCUT2D eigenvalue weighted by atomic mass is 10.0. The van der Waals surface area contributed by atoms with E-state index in [1.807, 2.05) is 0 Å². The van der Waals surface area contributed by atoms with Crippen LogP contribution in [0.3, 0.4) is 0 Å². The van der Waals surface area contributed by atoms with Crippen LogP contribution in [0, 0.1) is 17.7 Å². The first-order chi connectivity index (χ1) is 9.04. The van der Waals surface area contributed by atoms with Crippen LogP contribution in [0.2, 0.25) is 0 Å². The second-order valence-electron chi connectivity index (χ2n) is 5.38. The minimum atomic E-state index is -3.33. The summed E-state index contributed by atoms with van der Waals surface area (Å²) in [7, 11) is -3.33. The lowest BCUT2D eigenvalue weighted by molar-refractivity contribution is 0.447. The van der Waals surface area contributed by atoms with E-state index in [9.17, 15) is 12.8 Å². The molecule has 3 rings (SSSR count). The van der Waals surface area contributed by atoms with Crippen LogP contribution in [-0.2, 0) is 15.8 Å². The maximum atomic E-state index is 13.1. The number of fused-ring (bicyclic) bond motifs is 1. The summed E-state index contributed by atoms with van der Waals surface area (Å²) in [5.74, 6) is 0.359. The van der Waals surface area contributed by atoms with E-state index in [2.05, 4.69) is 5.32 Å². The minimum Gasteiger partial charge on any atom is -0.316 e. The van der Waals surface area contributed by atoms with Crippen molar-refractivity contribution in [3.8, 4) is 0 Å². The number of rotatable bonds is 3. The molecule has 1 aromatic carbocycles. The fourth-order valence-corrected chi connectivity index (χ4v) is 4.59. The summed E-state index contributed by atoms with van der Waals surface area (Å²) in [6, 6.07) is 5.81. The number of sulfonamides is 1. The smallest absolute Gasteiger partial charge is 0.218 e. The normalized spacial score (nSPS) is 26.2. The Kier molecular flexibility index (Phi) is 4.69. The molecule has 20 heavy (non-hydrogen) atoms. The Balaban J connectivity index is 0.00000147. The molecule has 2 fully saturated rings. The quantitative estimate of drug-likeness (QED) is 0.911. The molecule has 2 heterocycles. The summed E-state index contributed by atoms with van der Waals surface area (Å²) >= 11 is 0. The Labute approximate surface area is 124 Å². The predicted molar refractivity (Wildman–Crippen MR) is 77.7 cm³/mol. The third kappa shape index (κ3) is 3.14. The van der Waals surface area contributed by atoms with Gasteiger partial charge in [-0.2, -0.15) is 0 Å². The van der Waals surface area contributed by atoms with Gasteiger partial charge < -0.3 is 5.32 Å². The van der Waals surface area contributed by atoms with Crippen molar-refractivity contribution in [3.05, 3.63) is 35.6 Å². The van der Waals surface area contributed by atoms with Gasteiger partial charge in [-0.3, -0.25) is 0 Å². The second-order valence-corrected chi connectivity index (χ2v) is 7.35. The van der Waals surface area contributed by atoms with Gasteiger partial charge >= 0.3 is 0 Å². The molecular weight excluding hydrogens is 303 g/mol. The average Bonchev–Trinajstić information content (AvgIpc) is 2.87. The molecule has 2 atom stereocenters. The van der Waals surface area contributed by atoms with Gasteiger partial charge in [0.25, 0.3) is 0 Å². The molecule has 0 aliphatic carbocycles. The van der Waals surface area contributed by atoms with E-state index in [1.54, 1.807) is 16.4 Å². The number of benzene rings is 1. The van der Waals surface area contributed by atoms with Crippen molar-refractivity contribution >= 4 is 22.4 Å². The van der Waals surface area contributed by atoms with Crippen LogP contribution < -0.4 is 5.32 Å². The van der Waals surface area contributed by atoms with Crippen molar-refractivity contribution in [2.75, 3.05) is 26.2 Å². The molecule has 0 saturated carbocycles. The van der Waals surface area contributed by atoms with Crippen LogP contribution in [-0.4, -0.2) is 38.9 Å². The molecule has 1 N–H and O–H groups in total. The van der Waals surface area contributed by atoms with Gasteiger partial charge in [0.05, 0.1) is 5.75 Å². The number of hydrogen-bond acceptors (Lipinski definition) is 3. The highest BCUT2D eigenvalue weighted by Gasteiger charge is 2.40. The maximum Gasteiger partial charge on any atom is 0.218 e. The van der Waals surface area contributed by atoms with Crippen LogP contribution >= 0.6 is 12.4 Å². The third-order valence-corrected chi connectivity index (χ3v) is 5.77. The van der Waals surface area contributed by atoms with Crippen molar-refractivity contribution in [1.82, 2.24) is 9.62 Å². The largest absolute Gasteiger partial charge is 0.316 e. The molecule has 2 saturated heterocycles. The fourth-order valence-electron chi connectivity index (χ4n) is 2.97. The van der Waals surface area contributed by atoms with Gasteiger partial charge in [-0.05, 0) is 42.6 Å². The highest BCUT2D eigenvalue weighted by Crippen LogP contribution is 2.29. The van der Waals surface area contributed by atoms with E-state index in [1.165, 1.54) is 12.1 Å². The van der Waals surface area contributed by atoms with Gasteiger partial charge in [-0.15, -0.1) is 12.4 Å². The predicted octanol–water partition coefficient (Wildman–Crippen LogP) is 1.23. The van der Waals surface area contributed by atoms with Crippen molar-refractivity contribution in [1.29, 1.82) is 0 Å². The first-order valence-corrected chi connectivity index (χ1v) is 8.08. The molecule has 0 aromatic heterocycles. The minimum absolute atomic E-state index is 0. The average molecular weight is 321 g/mol. The summed E-state index contributed by atoms with van der Waals surface area (Å²) in [4.78, 5) is 0. The fraction of sp³-hybridized carbons (Fsp3) is 0.538. The zero-order valence-corrected chi connectivity index (χ0v) is 12.6. The molecule has 0 radical (unpaired) electrons. The van der Waals surface area contributed by atoms with Crippen molar-refractivity contribution in [2.24, 2.45) is 11.8 Å². The number of nitrogens with one attached hydrogen (secondary N) is 1. The molecule has 0 amide bonds. The number of nitrogens with zero attached hydrogens (tertiary/aromatic N) is 1. The van der Waals surface area contributed by atoms with E-state index in [0.717, 1.165) is 13.1 Å². The first kappa shape index (κ1) is 15.7. The second kappa shape index (κ2) is 5.97. The van der Waals surface area contributed by atoms with Gasteiger partial charge in [0.1, 0.15) is 5.82 Å². The molecule has 0 bridgehead atoms. The van der Waals surface area contributed by atoms with E-state index < -0.39 is 15.8 Å². The maximum absolute atomic E-state index is 13.1. The van der Waals surface area contributed by atoms with Crippen LogP contribution in [0.4, 0.5) is 4.39 Å². The third-order valence-electron chi connectivity index (χ3n) is 3.99. The Morgan fingerprint density at radius 3 is 2.50 bits per heavy atom. The lowest BCUT2D eigenvalue weighted by Gasteiger charge is -2.17. The molecule has 112 valence electrons. The Morgan fingerprint density at radius 2 is 1.90 bits per heavy atom. The summed E-state index contributed by atoms with van der Waals surface area (Å²) in [6.45, 7) is 2.98. The highest BCUT2D eigenvalue weighted by atomic mass is 35.5. The molecule has 0 spiro atoms. The molecule has 4 nitrogen and oxygen atoms in total. The Morgan fingerprint density at radius 1 is 1.25 bits per heavy atom. The standard InChI is InChI=1S/C13H17FN2O2S.ClH/c14-13-3-1-2-10(4-13)9-19(17,18)16-7-11-5-15-6-12(11)8-16;/h1-4,11-12,15H,5-9H2;1H/t11-,12+;. The van der Waals surface area contributed by atoms with Crippen molar-refractivity contribution in [3.63, 3.8) is 0 Å². The van der Waals surface area contributed by atoms with Gasteiger partial charge in [0, 0.05) is 13.1 Å². The Hall–Kier alpha value is -0.690. The van der Waals surface area contributed by atoms with E-state index in [4.69, 9.17) is 0 Å². The van der Waals surface area contributed by atoms with Gasteiger partial charge in [-0.1, -0.05) is 12.1 Å². The van der Waals surface area contributed by atoms with E-state index in [-0.39, 0.29) is 18.2 Å². The van der Waals surface area contributed by atoms with Crippen LogP contribution in [0.1, 0.15) is 5.56 Å². The molecule has 1 aromatic rings. The van der Waals surface area contributed by atoms with Crippen LogP contribution in [0.5, 0.6) is 0 Å². The summed E-state index contributed by atoms with van der Waals surface area (Å²) in [5, 5.41) is 3.28. The molecule has 2 aliphatic heterocycles. The summed E-state index contributed by atoms with van der Waals surface area (Å²) < 4.78 is 39.3. The molecule has 2 aliphatic rings. The summed E-state index contributed by atoms with van der Waals surface area (Å²) in [5.41, 5.74) is 0.509. The van der Waals surface area contributed by atoms with E-state index in [0.29, 0.717) is 30.5 Å².